The average molecular weight is 374 g/mol. The minimum Gasteiger partial charge on any atom is -0.496 e. The maximum absolute atomic E-state index is 14.4. The molecule has 0 amide bonds. The second kappa shape index (κ2) is 8.24. The third-order valence-electron chi connectivity index (χ3n) is 4.25. The molecule has 0 saturated heterocycles. The third-order valence-corrected chi connectivity index (χ3v) is 4.25. The molecule has 0 aliphatic heterocycles. The number of benzene rings is 2. The smallest absolute Gasteiger partial charge is 0.137 e. The first-order valence-corrected chi connectivity index (χ1v) is 8.35. The summed E-state index contributed by atoms with van der Waals surface area (Å²) >= 11 is 0. The number of hydrogen-bond acceptors (Lipinski definition) is 5. The summed E-state index contributed by atoms with van der Waals surface area (Å²) in [5.41, 5.74) is -0.789. The Hall–Kier alpha value is -2.84. The van der Waals surface area contributed by atoms with Crippen molar-refractivity contribution in [2.24, 2.45) is 0 Å². The van der Waals surface area contributed by atoms with Gasteiger partial charge in [0.1, 0.15) is 35.6 Å². The highest BCUT2D eigenvalue weighted by molar-refractivity contribution is 5.33. The van der Waals surface area contributed by atoms with E-state index in [0.29, 0.717) is 12.3 Å². The molecule has 0 aliphatic rings. The van der Waals surface area contributed by atoms with E-state index in [4.69, 9.17) is 4.74 Å². The van der Waals surface area contributed by atoms with Crippen molar-refractivity contribution in [3.05, 3.63) is 77.9 Å². The van der Waals surface area contributed by atoms with E-state index in [1.165, 1.54) is 23.4 Å². The molecule has 0 bridgehead atoms. The monoisotopic (exact) mass is 374 g/mol. The van der Waals surface area contributed by atoms with Gasteiger partial charge in [-0.2, -0.15) is 5.10 Å². The van der Waals surface area contributed by atoms with E-state index in [2.05, 4.69) is 15.4 Å². The molecule has 0 spiro atoms. The Kier molecular flexibility index (Phi) is 5.78. The molecule has 1 unspecified atom stereocenters. The van der Waals surface area contributed by atoms with Crippen molar-refractivity contribution in [2.75, 3.05) is 13.7 Å². The fourth-order valence-electron chi connectivity index (χ4n) is 2.94. The average Bonchev–Trinajstić information content (AvgIpc) is 3.14. The minimum atomic E-state index is -1.66. The molecule has 0 fully saturated rings. The van der Waals surface area contributed by atoms with Crippen LogP contribution < -0.4 is 10.1 Å². The van der Waals surface area contributed by atoms with E-state index < -0.39 is 17.2 Å². The molecule has 6 nitrogen and oxygen atoms in total. The first kappa shape index (κ1) is 18.9. The number of hydrogen-bond donors (Lipinski definition) is 2. The number of aliphatic hydroxyl groups is 1. The van der Waals surface area contributed by atoms with Gasteiger partial charge in [0.25, 0.3) is 0 Å². The van der Waals surface area contributed by atoms with Crippen molar-refractivity contribution >= 4 is 0 Å². The molecule has 2 N–H and O–H groups in total. The van der Waals surface area contributed by atoms with Gasteiger partial charge in [0, 0.05) is 30.3 Å². The molecule has 2 aromatic carbocycles. The first-order chi connectivity index (χ1) is 13.0. The molecule has 3 aromatic rings. The Labute approximate surface area is 155 Å². The lowest BCUT2D eigenvalue weighted by Crippen LogP contribution is -2.42. The van der Waals surface area contributed by atoms with Gasteiger partial charge in [-0.3, -0.25) is 0 Å². The molecule has 1 atom stereocenters. The van der Waals surface area contributed by atoms with E-state index in [1.807, 2.05) is 24.3 Å². The summed E-state index contributed by atoms with van der Waals surface area (Å²) < 4.78 is 34.3. The van der Waals surface area contributed by atoms with Crippen LogP contribution in [0, 0.1) is 11.6 Å². The van der Waals surface area contributed by atoms with Crippen LogP contribution in [0.2, 0.25) is 0 Å². The van der Waals surface area contributed by atoms with Gasteiger partial charge >= 0.3 is 0 Å². The molecule has 27 heavy (non-hydrogen) atoms. The fourth-order valence-corrected chi connectivity index (χ4v) is 2.94. The molecule has 1 heterocycles. The molecule has 1 aromatic heterocycles. The summed E-state index contributed by atoms with van der Waals surface area (Å²) in [6.45, 7) is 0.356. The summed E-state index contributed by atoms with van der Waals surface area (Å²) in [5, 5.41) is 18.3. The molecule has 3 rings (SSSR count). The Bertz CT molecular complexity index is 889. The van der Waals surface area contributed by atoms with Crippen LogP contribution >= 0.6 is 0 Å². The summed E-state index contributed by atoms with van der Waals surface area (Å²) in [7, 11) is 1.58. The molecule has 8 heteroatoms. The van der Waals surface area contributed by atoms with Crippen LogP contribution in [-0.4, -0.2) is 33.5 Å². The normalized spacial score (nSPS) is 13.3. The maximum Gasteiger partial charge on any atom is 0.137 e. The van der Waals surface area contributed by atoms with E-state index >= 15 is 0 Å². The topological polar surface area (TPSA) is 72.2 Å². The van der Waals surface area contributed by atoms with Crippen LogP contribution in [0.25, 0.3) is 0 Å². The lowest BCUT2D eigenvalue weighted by atomic mass is 9.92. The number of methoxy groups -OCH3 is 1. The van der Waals surface area contributed by atoms with Gasteiger partial charge in [0.15, 0.2) is 0 Å². The third kappa shape index (κ3) is 4.47. The SMILES string of the molecule is COc1ccccc1CNCC(O)(Cn1cncn1)c1ccc(F)cc1F. The van der Waals surface area contributed by atoms with Crippen LogP contribution in [-0.2, 0) is 18.7 Å². The van der Waals surface area contributed by atoms with E-state index in [1.54, 1.807) is 7.11 Å². The molecular weight excluding hydrogens is 354 g/mol. The van der Waals surface area contributed by atoms with Crippen molar-refractivity contribution < 1.29 is 18.6 Å². The molecule has 142 valence electrons. The number of nitrogens with one attached hydrogen (secondary N) is 1. The largest absolute Gasteiger partial charge is 0.496 e. The van der Waals surface area contributed by atoms with Crippen LogP contribution in [0.4, 0.5) is 8.78 Å². The minimum absolute atomic E-state index is 0.00740. The van der Waals surface area contributed by atoms with Gasteiger partial charge in [-0.15, -0.1) is 0 Å². The Balaban J connectivity index is 1.81. The van der Waals surface area contributed by atoms with Crippen molar-refractivity contribution in [2.45, 2.75) is 18.7 Å². The highest BCUT2D eigenvalue weighted by atomic mass is 19.1. The van der Waals surface area contributed by atoms with Gasteiger partial charge in [-0.1, -0.05) is 24.3 Å². The maximum atomic E-state index is 14.4. The zero-order chi connectivity index (χ0) is 19.3. The number of para-hydroxylation sites is 1. The summed E-state index contributed by atoms with van der Waals surface area (Å²) in [4.78, 5) is 3.84. The first-order valence-electron chi connectivity index (χ1n) is 8.35. The van der Waals surface area contributed by atoms with E-state index in [-0.39, 0.29) is 18.7 Å². The summed E-state index contributed by atoms with van der Waals surface area (Å²) in [5.74, 6) is -0.823. The zero-order valence-electron chi connectivity index (χ0n) is 14.8. The second-order valence-corrected chi connectivity index (χ2v) is 6.16. The van der Waals surface area contributed by atoms with Crippen LogP contribution in [0.5, 0.6) is 5.75 Å². The highest BCUT2D eigenvalue weighted by Crippen LogP contribution is 2.26. The second-order valence-electron chi connectivity index (χ2n) is 6.16. The predicted octanol–water partition coefficient (Wildman–Crippen LogP) is 2.24. The van der Waals surface area contributed by atoms with Gasteiger partial charge in [-0.25, -0.2) is 18.4 Å². The number of halogens is 2. The van der Waals surface area contributed by atoms with Gasteiger partial charge in [-0.05, 0) is 12.1 Å². The molecule has 0 radical (unpaired) electrons. The van der Waals surface area contributed by atoms with E-state index in [0.717, 1.165) is 17.7 Å². The molecular formula is C19H20F2N4O2. The number of aromatic nitrogens is 3. The van der Waals surface area contributed by atoms with Crippen molar-refractivity contribution in [1.29, 1.82) is 0 Å². The lowest BCUT2D eigenvalue weighted by molar-refractivity contribution is 0.0117. The van der Waals surface area contributed by atoms with Crippen LogP contribution in [0.15, 0.2) is 55.1 Å². The van der Waals surface area contributed by atoms with Gasteiger partial charge < -0.3 is 15.2 Å². The fraction of sp³-hybridized carbons (Fsp3) is 0.263. The Morgan fingerprint density at radius 2 is 2.04 bits per heavy atom. The van der Waals surface area contributed by atoms with Crippen LogP contribution in [0.1, 0.15) is 11.1 Å². The highest BCUT2D eigenvalue weighted by Gasteiger charge is 2.33. The number of nitrogens with zero attached hydrogens (tertiary/aromatic N) is 3. The van der Waals surface area contributed by atoms with Crippen molar-refractivity contribution in [3.63, 3.8) is 0 Å². The molecule has 0 aliphatic carbocycles. The van der Waals surface area contributed by atoms with Gasteiger partial charge in [0.2, 0.25) is 0 Å². The van der Waals surface area contributed by atoms with Crippen molar-refractivity contribution in [3.8, 4) is 5.75 Å². The quantitative estimate of drug-likeness (QED) is 0.633. The van der Waals surface area contributed by atoms with E-state index in [9.17, 15) is 13.9 Å². The standard InChI is InChI=1S/C19H20F2N4O2/c1-27-18-5-3-2-4-14(18)9-22-10-19(26,11-25-13-23-12-24-25)16-7-6-15(20)8-17(16)21/h2-8,12-13,22,26H,9-11H2,1H3. The Morgan fingerprint density at radius 1 is 1.22 bits per heavy atom. The Morgan fingerprint density at radius 3 is 2.74 bits per heavy atom. The van der Waals surface area contributed by atoms with Crippen LogP contribution in [0.3, 0.4) is 0 Å². The molecule has 0 saturated carbocycles. The number of ether oxygens (including phenoxy) is 1. The van der Waals surface area contributed by atoms with Gasteiger partial charge in [0.05, 0.1) is 13.7 Å². The van der Waals surface area contributed by atoms with Crippen molar-refractivity contribution in [1.82, 2.24) is 20.1 Å². The predicted molar refractivity (Wildman–Crippen MR) is 95.0 cm³/mol. The zero-order valence-corrected chi connectivity index (χ0v) is 14.8. The number of rotatable bonds is 8. The lowest BCUT2D eigenvalue weighted by Gasteiger charge is -2.29. The summed E-state index contributed by atoms with van der Waals surface area (Å²) in [6, 6.07) is 10.6. The summed E-state index contributed by atoms with van der Waals surface area (Å²) in [6.07, 6.45) is 2.75.